The van der Waals surface area contributed by atoms with Gasteiger partial charge in [-0.2, -0.15) is 0 Å². The topological polar surface area (TPSA) is 100 Å². The van der Waals surface area contributed by atoms with Crippen molar-refractivity contribution in [2.75, 3.05) is 43.9 Å². The number of carbonyl (C=O) groups excluding carboxylic acids is 1. The van der Waals surface area contributed by atoms with Crippen LogP contribution in [-0.4, -0.2) is 59.6 Å². The summed E-state index contributed by atoms with van der Waals surface area (Å²) < 4.78 is 11.0. The summed E-state index contributed by atoms with van der Waals surface area (Å²) in [5, 5.41) is 16.5. The first kappa shape index (κ1) is 29.2. The number of rotatable bonds is 7. The van der Waals surface area contributed by atoms with Crippen LogP contribution in [0.4, 0.5) is 11.5 Å². The molecule has 1 fully saturated rings. The molecule has 0 unspecified atom stereocenters. The number of carbonyl (C=O) groups is 1. The summed E-state index contributed by atoms with van der Waals surface area (Å²) in [6, 6.07) is 19.5. The van der Waals surface area contributed by atoms with Crippen molar-refractivity contribution in [3.05, 3.63) is 106 Å². The van der Waals surface area contributed by atoms with Gasteiger partial charge >= 0.3 is 0 Å². The number of hydrogen-bond donors (Lipinski definition) is 1. The van der Waals surface area contributed by atoms with Crippen molar-refractivity contribution in [3.8, 4) is 11.5 Å². The molecule has 10 heteroatoms. The molecule has 1 saturated heterocycles. The number of benzene rings is 2. The highest BCUT2D eigenvalue weighted by molar-refractivity contribution is 6.00. The number of hydrogen-bond acceptors (Lipinski definition) is 8. The van der Waals surface area contributed by atoms with Gasteiger partial charge in [-0.25, -0.2) is 9.99 Å². The molecule has 1 amide bonds. The first-order valence-electron chi connectivity index (χ1n) is 15.5. The van der Waals surface area contributed by atoms with Gasteiger partial charge in [-0.05, 0) is 59.9 Å². The Bertz CT molecular complexity index is 1700. The van der Waals surface area contributed by atoms with E-state index in [0.29, 0.717) is 49.9 Å². The summed E-state index contributed by atoms with van der Waals surface area (Å²) in [7, 11) is 3.26. The second-order valence-electron chi connectivity index (χ2n) is 12.9. The molecule has 3 aliphatic heterocycles. The molecule has 0 bridgehead atoms. The smallest absolute Gasteiger partial charge is 0.255 e. The lowest BCUT2D eigenvalue weighted by Crippen LogP contribution is -2.51. The van der Waals surface area contributed by atoms with Crippen molar-refractivity contribution in [3.63, 3.8) is 0 Å². The number of H-pyrrole nitrogens is 1. The Labute approximate surface area is 263 Å². The minimum absolute atomic E-state index is 0.0398. The highest BCUT2D eigenvalue weighted by atomic mass is 16.5. The predicted octanol–water partition coefficient (Wildman–Crippen LogP) is 5.59. The van der Waals surface area contributed by atoms with E-state index in [1.807, 2.05) is 58.6 Å². The molecule has 2 aromatic heterocycles. The lowest BCUT2D eigenvalue weighted by Gasteiger charge is -2.48. The number of amides is 1. The number of aromatic amines is 1. The van der Waals surface area contributed by atoms with Gasteiger partial charge < -0.3 is 34.6 Å². The molecule has 45 heavy (non-hydrogen) atoms. The first-order valence-corrected chi connectivity index (χ1v) is 15.5. The summed E-state index contributed by atoms with van der Waals surface area (Å²) >= 11 is 0. The van der Waals surface area contributed by atoms with Crippen molar-refractivity contribution >= 4 is 17.4 Å². The Balaban J connectivity index is 1.13. The molecule has 7 rings (SSSR count). The Morgan fingerprint density at radius 2 is 1.73 bits per heavy atom. The maximum absolute atomic E-state index is 13.9. The zero-order valence-electron chi connectivity index (χ0n) is 26.2. The van der Waals surface area contributed by atoms with Gasteiger partial charge in [0.05, 0.1) is 19.8 Å². The van der Waals surface area contributed by atoms with Crippen LogP contribution in [0.2, 0.25) is 0 Å². The van der Waals surface area contributed by atoms with Gasteiger partial charge in [0.15, 0.2) is 0 Å². The molecule has 5 heterocycles. The van der Waals surface area contributed by atoms with E-state index in [4.69, 9.17) is 9.47 Å². The number of pyridine rings is 1. The molecule has 0 aliphatic carbocycles. The highest BCUT2D eigenvalue weighted by Crippen LogP contribution is 2.48. The summed E-state index contributed by atoms with van der Waals surface area (Å²) in [5.41, 5.74) is 5.07. The fourth-order valence-corrected chi connectivity index (χ4v) is 7.51. The van der Waals surface area contributed by atoms with Gasteiger partial charge in [0, 0.05) is 79.6 Å². The molecule has 3 aliphatic rings. The van der Waals surface area contributed by atoms with Crippen LogP contribution in [0.5, 0.6) is 11.5 Å². The molecule has 0 radical (unpaired) electrons. The summed E-state index contributed by atoms with van der Waals surface area (Å²) in [5.74, 6) is 2.19. The fourth-order valence-electron chi connectivity index (χ4n) is 7.51. The zero-order valence-corrected chi connectivity index (χ0v) is 26.2. The molecule has 4 aromatic rings. The molecule has 1 spiro atoms. The summed E-state index contributed by atoms with van der Waals surface area (Å²) in [4.78, 5) is 26.2. The number of piperidine rings is 1. The molecule has 2 aromatic carbocycles. The van der Waals surface area contributed by atoms with Crippen molar-refractivity contribution in [1.82, 2.24) is 19.9 Å². The fraction of sp³-hybridized carbons (Fsp3) is 0.371. The van der Waals surface area contributed by atoms with Crippen LogP contribution in [0.3, 0.4) is 0 Å². The average molecular weight is 608 g/mol. The predicted molar refractivity (Wildman–Crippen MR) is 173 cm³/mol. The van der Waals surface area contributed by atoms with Crippen molar-refractivity contribution in [2.24, 2.45) is 0 Å². The molecule has 234 valence electrons. The Hall–Kier alpha value is -4.54. The van der Waals surface area contributed by atoms with E-state index in [1.165, 1.54) is 5.69 Å². The van der Waals surface area contributed by atoms with Gasteiger partial charge in [0.2, 0.25) is 0 Å². The first-order chi connectivity index (χ1) is 21.7. The van der Waals surface area contributed by atoms with Crippen LogP contribution in [0.15, 0.2) is 73.1 Å². The minimum atomic E-state index is -0.448. The molecule has 1 N–H and O–H groups in total. The van der Waals surface area contributed by atoms with Crippen LogP contribution in [0, 0.1) is 5.21 Å². The van der Waals surface area contributed by atoms with Crippen LogP contribution < -0.4 is 19.5 Å². The third kappa shape index (κ3) is 4.98. The van der Waals surface area contributed by atoms with Crippen molar-refractivity contribution in [2.45, 2.75) is 50.7 Å². The Morgan fingerprint density at radius 1 is 1.00 bits per heavy atom. The Kier molecular flexibility index (Phi) is 7.21. The number of fused-ring (bicyclic) bond motifs is 3. The van der Waals surface area contributed by atoms with Crippen LogP contribution in [0.25, 0.3) is 0 Å². The molecular formula is C35H39N6O4-. The van der Waals surface area contributed by atoms with E-state index in [1.54, 1.807) is 26.5 Å². The molecule has 10 nitrogen and oxygen atoms in total. The maximum Gasteiger partial charge on any atom is 0.255 e. The minimum Gasteiger partial charge on any atom is -0.743 e. The van der Waals surface area contributed by atoms with Crippen LogP contribution in [-0.2, 0) is 24.0 Å². The second kappa shape index (κ2) is 11.1. The SMILES string of the molecule is COc1cc(CN2C(=O)c3ccccc3C23CCN(c2cc(N([O-])N4Cc5cc[nH]c5C(C)(C)C4)ccn2)CC3)cc(OC)c1. The summed E-state index contributed by atoms with van der Waals surface area (Å²) in [6.07, 6.45) is 5.14. The number of nitrogens with one attached hydrogen (secondary N) is 1. The number of aromatic nitrogens is 2. The largest absolute Gasteiger partial charge is 0.743 e. The lowest BCUT2D eigenvalue weighted by molar-refractivity contribution is 0.0434. The van der Waals surface area contributed by atoms with Crippen molar-refractivity contribution in [1.29, 1.82) is 0 Å². The van der Waals surface area contributed by atoms with Gasteiger partial charge in [0.25, 0.3) is 5.91 Å². The third-order valence-electron chi connectivity index (χ3n) is 9.73. The van der Waals surface area contributed by atoms with Crippen LogP contribution >= 0.6 is 0 Å². The molecular weight excluding hydrogens is 568 g/mol. The van der Waals surface area contributed by atoms with E-state index >= 15 is 0 Å². The van der Waals surface area contributed by atoms with E-state index < -0.39 is 5.54 Å². The second-order valence-corrected chi connectivity index (χ2v) is 12.9. The normalized spacial score (nSPS) is 18.6. The average Bonchev–Trinajstić information content (AvgIpc) is 3.63. The van der Waals surface area contributed by atoms with E-state index in [9.17, 15) is 10.0 Å². The van der Waals surface area contributed by atoms with Gasteiger partial charge in [-0.3, -0.25) is 4.79 Å². The summed E-state index contributed by atoms with van der Waals surface area (Å²) in [6.45, 7) is 7.30. The van der Waals surface area contributed by atoms with Crippen LogP contribution in [0.1, 0.15) is 59.4 Å². The number of methoxy groups -OCH3 is 2. The quantitative estimate of drug-likeness (QED) is 0.272. The molecule has 0 atom stereocenters. The number of anilines is 2. The van der Waals surface area contributed by atoms with E-state index in [2.05, 4.69) is 40.8 Å². The number of nitrogens with zero attached hydrogens (tertiary/aromatic N) is 5. The number of hydrazine groups is 1. The number of ether oxygens (including phenoxy) is 2. The van der Waals surface area contributed by atoms with Gasteiger partial charge in [-0.15, -0.1) is 0 Å². The lowest BCUT2D eigenvalue weighted by atomic mass is 9.80. The zero-order chi connectivity index (χ0) is 31.3. The van der Waals surface area contributed by atoms with E-state index in [0.717, 1.165) is 46.1 Å². The maximum atomic E-state index is 13.9. The monoisotopic (exact) mass is 607 g/mol. The van der Waals surface area contributed by atoms with Crippen molar-refractivity contribution < 1.29 is 14.3 Å². The van der Waals surface area contributed by atoms with E-state index in [-0.39, 0.29) is 11.3 Å². The third-order valence-corrected chi connectivity index (χ3v) is 9.73. The van der Waals surface area contributed by atoms with Gasteiger partial charge in [-0.1, -0.05) is 32.0 Å². The standard InChI is InChI=1S/C35H39N6O4/c1-34(2)23-39(22-25-9-13-37-32(25)34)41(43)26-10-14-36-31(19-26)38-15-11-35(12-16-38)30-8-6-5-7-29(30)33(42)40(35)21-24-17-27(44-3)20-28(18-24)45-4/h5-10,13-14,17-20,37H,11-12,15-16,21-23H2,1-4H3/q-1. The Morgan fingerprint density at radius 3 is 2.47 bits per heavy atom. The highest BCUT2D eigenvalue weighted by Gasteiger charge is 2.50. The molecule has 0 saturated carbocycles. The van der Waals surface area contributed by atoms with Gasteiger partial charge in [0.1, 0.15) is 17.3 Å².